The van der Waals surface area contributed by atoms with Gasteiger partial charge in [0.15, 0.2) is 12.3 Å². The molecule has 0 unspecified atom stereocenters. The minimum atomic E-state index is -0.796. The summed E-state index contributed by atoms with van der Waals surface area (Å²) in [7, 11) is 2.92. The molecule has 30 heavy (non-hydrogen) atoms. The number of hydrogen-bond acceptors (Lipinski definition) is 7. The molecule has 0 spiro atoms. The van der Waals surface area contributed by atoms with Crippen LogP contribution in [0.4, 0.5) is 0 Å². The van der Waals surface area contributed by atoms with Crippen LogP contribution in [0.1, 0.15) is 40.7 Å². The highest BCUT2D eigenvalue weighted by molar-refractivity contribution is 6.04. The minimum absolute atomic E-state index is 0.0238. The molecule has 3 aromatic rings. The van der Waals surface area contributed by atoms with Gasteiger partial charge in [-0.1, -0.05) is 18.2 Å². The number of benzene rings is 2. The number of ketones is 1. The van der Waals surface area contributed by atoms with Crippen molar-refractivity contribution in [3.05, 3.63) is 64.1 Å². The Morgan fingerprint density at radius 2 is 1.73 bits per heavy atom. The molecule has 0 amide bonds. The molecule has 0 aliphatic heterocycles. The van der Waals surface area contributed by atoms with Gasteiger partial charge in [0.1, 0.15) is 11.5 Å². The van der Waals surface area contributed by atoms with E-state index in [0.29, 0.717) is 22.3 Å². The summed E-state index contributed by atoms with van der Waals surface area (Å²) in [6, 6.07) is 11.2. The van der Waals surface area contributed by atoms with Gasteiger partial charge in [-0.05, 0) is 38.1 Å². The Labute approximate surface area is 173 Å². The van der Waals surface area contributed by atoms with Gasteiger partial charge in [0.2, 0.25) is 5.78 Å². The molecule has 8 nitrogen and oxygen atoms in total. The van der Waals surface area contributed by atoms with Crippen molar-refractivity contribution in [3.63, 3.8) is 0 Å². The van der Waals surface area contributed by atoms with Crippen LogP contribution in [0, 0.1) is 0 Å². The van der Waals surface area contributed by atoms with Gasteiger partial charge in [-0.15, -0.1) is 0 Å². The molecule has 8 heteroatoms. The summed E-state index contributed by atoms with van der Waals surface area (Å²) in [5.41, 5.74) is -0.0896. The van der Waals surface area contributed by atoms with Gasteiger partial charge in [0, 0.05) is 5.39 Å². The Bertz CT molecular complexity index is 1170. The minimum Gasteiger partial charge on any atom is -0.497 e. The molecular formula is C22H22N2O6. The largest absolute Gasteiger partial charge is 0.497 e. The maximum atomic E-state index is 12.7. The second-order valence-electron chi connectivity index (χ2n) is 6.80. The molecule has 0 saturated carbocycles. The van der Waals surface area contributed by atoms with Crippen LogP contribution >= 0.6 is 0 Å². The zero-order chi connectivity index (χ0) is 21.8. The van der Waals surface area contributed by atoms with Crippen LogP contribution in [0.15, 0.2) is 47.3 Å². The summed E-state index contributed by atoms with van der Waals surface area (Å²) in [6.45, 7) is 3.06. The molecule has 0 radical (unpaired) electrons. The molecule has 0 atom stereocenters. The van der Waals surface area contributed by atoms with Gasteiger partial charge in [0.25, 0.3) is 5.56 Å². The van der Waals surface area contributed by atoms with E-state index < -0.39 is 18.4 Å². The maximum absolute atomic E-state index is 12.7. The smallest absolute Gasteiger partial charge is 0.359 e. The fourth-order valence-corrected chi connectivity index (χ4v) is 3.02. The van der Waals surface area contributed by atoms with Crippen LogP contribution in [0.2, 0.25) is 0 Å². The summed E-state index contributed by atoms with van der Waals surface area (Å²) < 4.78 is 16.8. The van der Waals surface area contributed by atoms with E-state index in [4.69, 9.17) is 14.2 Å². The molecule has 0 saturated heterocycles. The predicted molar refractivity (Wildman–Crippen MR) is 111 cm³/mol. The zero-order valence-electron chi connectivity index (χ0n) is 17.2. The first-order valence-electron chi connectivity index (χ1n) is 9.31. The number of aromatic nitrogens is 2. The Hall–Kier alpha value is -3.68. The first-order chi connectivity index (χ1) is 14.4. The standard InChI is InChI=1S/C22H22N2O6/c1-13(2)24-21(26)16-8-6-5-7-15(16)20(23-24)22(27)30-12-18(25)17-11-14(28-3)9-10-19(17)29-4/h5-11,13H,12H2,1-4H3. The SMILES string of the molecule is COc1ccc(OC)c(C(=O)COC(=O)c2nn(C(C)C)c(=O)c3ccccc23)c1. The van der Waals surface area contributed by atoms with Crippen LogP contribution in [-0.2, 0) is 4.74 Å². The van der Waals surface area contributed by atoms with Gasteiger partial charge in [-0.3, -0.25) is 9.59 Å². The first kappa shape index (κ1) is 21.0. The lowest BCUT2D eigenvalue weighted by atomic mass is 10.1. The zero-order valence-corrected chi connectivity index (χ0v) is 17.2. The number of nitrogens with zero attached hydrogens (tertiary/aromatic N) is 2. The summed E-state index contributed by atoms with van der Waals surface area (Å²) in [6.07, 6.45) is 0. The molecule has 2 aromatic carbocycles. The maximum Gasteiger partial charge on any atom is 0.359 e. The average molecular weight is 410 g/mol. The topological polar surface area (TPSA) is 96.7 Å². The molecule has 1 aromatic heterocycles. The Balaban J connectivity index is 1.90. The van der Waals surface area contributed by atoms with E-state index in [1.807, 2.05) is 0 Å². The predicted octanol–water partition coefficient (Wildman–Crippen LogP) is 3.03. The molecule has 0 aliphatic carbocycles. The lowest BCUT2D eigenvalue weighted by Gasteiger charge is -2.13. The highest BCUT2D eigenvalue weighted by Gasteiger charge is 2.21. The first-order valence-corrected chi connectivity index (χ1v) is 9.31. The van der Waals surface area contributed by atoms with Gasteiger partial charge in [-0.2, -0.15) is 5.10 Å². The third-order valence-corrected chi connectivity index (χ3v) is 4.55. The average Bonchev–Trinajstić information content (AvgIpc) is 2.76. The van der Waals surface area contributed by atoms with E-state index in [9.17, 15) is 14.4 Å². The molecular weight excluding hydrogens is 388 g/mol. The van der Waals surface area contributed by atoms with Crippen LogP contribution in [0.25, 0.3) is 10.8 Å². The van der Waals surface area contributed by atoms with E-state index in [0.717, 1.165) is 0 Å². The number of ether oxygens (including phenoxy) is 3. The number of Topliss-reactive ketones (excluding diaryl/α,β-unsaturated/α-hetero) is 1. The van der Waals surface area contributed by atoms with Crippen molar-refractivity contribution in [1.82, 2.24) is 9.78 Å². The van der Waals surface area contributed by atoms with Gasteiger partial charge in [-0.25, -0.2) is 9.48 Å². The van der Waals surface area contributed by atoms with E-state index in [2.05, 4.69) is 5.10 Å². The number of esters is 1. The van der Waals surface area contributed by atoms with Crippen molar-refractivity contribution in [2.75, 3.05) is 20.8 Å². The molecule has 1 heterocycles. The van der Waals surface area contributed by atoms with Crippen LogP contribution in [0.3, 0.4) is 0 Å². The Kier molecular flexibility index (Phi) is 6.15. The molecule has 0 aliphatic rings. The summed E-state index contributed by atoms with van der Waals surface area (Å²) in [5.74, 6) is -0.438. The summed E-state index contributed by atoms with van der Waals surface area (Å²) >= 11 is 0. The number of hydrogen-bond donors (Lipinski definition) is 0. The highest BCUT2D eigenvalue weighted by atomic mass is 16.5. The van der Waals surface area contributed by atoms with Crippen molar-refractivity contribution in [1.29, 1.82) is 0 Å². The highest BCUT2D eigenvalue weighted by Crippen LogP contribution is 2.24. The normalized spacial score (nSPS) is 10.8. The number of rotatable bonds is 7. The number of fused-ring (bicyclic) bond motifs is 1. The van der Waals surface area contributed by atoms with Gasteiger partial charge in [0.05, 0.1) is 31.2 Å². The van der Waals surface area contributed by atoms with Crippen molar-refractivity contribution in [2.45, 2.75) is 19.9 Å². The summed E-state index contributed by atoms with van der Waals surface area (Å²) in [4.78, 5) is 38.0. The van der Waals surface area contributed by atoms with E-state index in [1.165, 1.54) is 25.0 Å². The molecule has 0 fully saturated rings. The van der Waals surface area contributed by atoms with Crippen LogP contribution in [-0.4, -0.2) is 42.4 Å². The lowest BCUT2D eigenvalue weighted by Crippen LogP contribution is -2.28. The monoisotopic (exact) mass is 410 g/mol. The summed E-state index contributed by atoms with van der Waals surface area (Å²) in [5, 5.41) is 4.91. The van der Waals surface area contributed by atoms with Crippen molar-refractivity contribution in [2.24, 2.45) is 0 Å². The second kappa shape index (κ2) is 8.77. The quantitative estimate of drug-likeness (QED) is 0.436. The molecule has 0 bridgehead atoms. The number of methoxy groups -OCH3 is 2. The third kappa shape index (κ3) is 4.03. The second-order valence-corrected chi connectivity index (χ2v) is 6.80. The lowest BCUT2D eigenvalue weighted by molar-refractivity contribution is 0.0467. The third-order valence-electron chi connectivity index (χ3n) is 4.55. The van der Waals surface area contributed by atoms with E-state index in [-0.39, 0.29) is 22.9 Å². The Morgan fingerprint density at radius 3 is 2.37 bits per heavy atom. The van der Waals surface area contributed by atoms with Crippen molar-refractivity contribution in [3.8, 4) is 11.5 Å². The molecule has 156 valence electrons. The Morgan fingerprint density at radius 1 is 1.03 bits per heavy atom. The van der Waals surface area contributed by atoms with Crippen LogP contribution < -0.4 is 15.0 Å². The van der Waals surface area contributed by atoms with Crippen molar-refractivity contribution >= 4 is 22.5 Å². The van der Waals surface area contributed by atoms with Crippen molar-refractivity contribution < 1.29 is 23.8 Å². The number of carbonyl (C=O) groups excluding carboxylic acids is 2. The number of carbonyl (C=O) groups is 2. The fourth-order valence-electron chi connectivity index (χ4n) is 3.02. The fraction of sp³-hybridized carbons (Fsp3) is 0.273. The van der Waals surface area contributed by atoms with E-state index in [1.54, 1.807) is 50.2 Å². The van der Waals surface area contributed by atoms with Crippen LogP contribution in [0.5, 0.6) is 11.5 Å². The molecule has 0 N–H and O–H groups in total. The van der Waals surface area contributed by atoms with Gasteiger partial charge < -0.3 is 14.2 Å². The van der Waals surface area contributed by atoms with E-state index >= 15 is 0 Å². The molecule has 3 rings (SSSR count). The van der Waals surface area contributed by atoms with Gasteiger partial charge >= 0.3 is 5.97 Å².